The third-order valence-electron chi connectivity index (χ3n) is 2.83. The highest BCUT2D eigenvalue weighted by Gasteiger charge is 2.25. The molecule has 0 spiro atoms. The van der Waals surface area contributed by atoms with Crippen molar-refractivity contribution < 1.29 is 12.8 Å². The minimum atomic E-state index is -3.36. The van der Waals surface area contributed by atoms with Gasteiger partial charge in [0.15, 0.2) is 0 Å². The molecule has 0 radical (unpaired) electrons. The molecule has 6 nitrogen and oxygen atoms in total. The van der Waals surface area contributed by atoms with E-state index in [0.29, 0.717) is 15.5 Å². The normalized spacial score (nSPS) is 13.0. The van der Waals surface area contributed by atoms with E-state index in [9.17, 15) is 12.8 Å². The number of nitrogens with two attached hydrogens (primary N) is 1. The zero-order valence-corrected chi connectivity index (χ0v) is 14.2. The van der Waals surface area contributed by atoms with Crippen molar-refractivity contribution in [3.8, 4) is 0 Å². The average Bonchev–Trinajstić information content (AvgIpc) is 2.53. The van der Waals surface area contributed by atoms with Crippen molar-refractivity contribution in [3.05, 3.63) is 22.4 Å². The van der Waals surface area contributed by atoms with Gasteiger partial charge < -0.3 is 10.3 Å². The molecule has 0 atom stereocenters. The molecule has 1 heterocycles. The first-order valence-electron chi connectivity index (χ1n) is 6.08. The van der Waals surface area contributed by atoms with Crippen molar-refractivity contribution in [1.82, 2.24) is 14.3 Å². The molecule has 0 bridgehead atoms. The number of hydrogen-bond donors (Lipinski definition) is 2. The van der Waals surface area contributed by atoms with Crippen LogP contribution < -0.4 is 10.5 Å². The second-order valence-corrected chi connectivity index (χ2v) is 8.17. The number of rotatable bonds is 4. The van der Waals surface area contributed by atoms with Crippen LogP contribution in [0.2, 0.25) is 0 Å². The molecular formula is C12H16BrFN4O2S. The number of fused-ring (bicyclic) bond motifs is 1. The van der Waals surface area contributed by atoms with Crippen molar-refractivity contribution in [1.29, 1.82) is 0 Å². The predicted molar refractivity (Wildman–Crippen MR) is 83.9 cm³/mol. The number of nitrogen functional groups attached to an aromatic ring is 1. The van der Waals surface area contributed by atoms with E-state index in [1.807, 2.05) is 0 Å². The minimum absolute atomic E-state index is 0.200. The summed E-state index contributed by atoms with van der Waals surface area (Å²) in [7, 11) is -3.36. The first-order chi connectivity index (χ1) is 9.48. The first-order valence-corrected chi connectivity index (χ1v) is 8.77. The second kappa shape index (κ2) is 5.22. The van der Waals surface area contributed by atoms with Crippen LogP contribution in [0, 0.1) is 5.82 Å². The smallest absolute Gasteiger partial charge is 0.209 e. The Labute approximate surface area is 130 Å². The quantitative estimate of drug-likeness (QED) is 0.849. The van der Waals surface area contributed by atoms with Crippen LogP contribution in [-0.4, -0.2) is 29.8 Å². The summed E-state index contributed by atoms with van der Waals surface area (Å²) in [6.45, 7) is 3.73. The fraction of sp³-hybridized carbons (Fsp3) is 0.417. The van der Waals surface area contributed by atoms with Crippen molar-refractivity contribution >= 4 is 42.9 Å². The molecule has 0 unspecified atom stereocenters. The summed E-state index contributed by atoms with van der Waals surface area (Å²) in [5.41, 5.74) is 6.14. The van der Waals surface area contributed by atoms with Crippen LogP contribution in [0.25, 0.3) is 11.0 Å². The summed E-state index contributed by atoms with van der Waals surface area (Å²) >= 11 is 3.12. The Morgan fingerprint density at radius 1 is 1.48 bits per heavy atom. The van der Waals surface area contributed by atoms with E-state index in [-0.39, 0.29) is 12.5 Å². The molecule has 0 aliphatic carbocycles. The van der Waals surface area contributed by atoms with Crippen LogP contribution in [0.5, 0.6) is 0 Å². The first kappa shape index (κ1) is 16.2. The largest absolute Gasteiger partial charge is 0.369 e. The maximum atomic E-state index is 13.5. The zero-order chi connectivity index (χ0) is 16.0. The summed E-state index contributed by atoms with van der Waals surface area (Å²) in [4.78, 5) is 4.10. The Morgan fingerprint density at radius 3 is 2.67 bits per heavy atom. The van der Waals surface area contributed by atoms with Crippen molar-refractivity contribution in [2.75, 3.05) is 12.0 Å². The fourth-order valence-electron chi connectivity index (χ4n) is 2.23. The summed E-state index contributed by atoms with van der Waals surface area (Å²) in [5, 5.41) is 0. The molecule has 116 valence electrons. The molecule has 2 rings (SSSR count). The van der Waals surface area contributed by atoms with Gasteiger partial charge in [-0.25, -0.2) is 22.5 Å². The number of imidazole rings is 1. The predicted octanol–water partition coefficient (Wildman–Crippen LogP) is 1.85. The van der Waals surface area contributed by atoms with Crippen LogP contribution in [-0.2, 0) is 16.6 Å². The number of nitrogens with zero attached hydrogens (tertiary/aromatic N) is 2. The molecule has 9 heteroatoms. The van der Waals surface area contributed by atoms with Gasteiger partial charge in [0.25, 0.3) is 0 Å². The molecule has 0 saturated carbocycles. The van der Waals surface area contributed by atoms with Crippen molar-refractivity contribution in [3.63, 3.8) is 0 Å². The minimum Gasteiger partial charge on any atom is -0.369 e. The van der Waals surface area contributed by atoms with Gasteiger partial charge in [-0.3, -0.25) is 0 Å². The number of hydrogen-bond acceptors (Lipinski definition) is 4. The van der Waals surface area contributed by atoms with Crippen LogP contribution in [0.1, 0.15) is 13.8 Å². The molecule has 0 amide bonds. The highest BCUT2D eigenvalue weighted by Crippen LogP contribution is 2.26. The van der Waals surface area contributed by atoms with Gasteiger partial charge >= 0.3 is 0 Å². The molecule has 1 aromatic carbocycles. The summed E-state index contributed by atoms with van der Waals surface area (Å²) in [5.74, 6) is -0.230. The van der Waals surface area contributed by atoms with Crippen molar-refractivity contribution in [2.24, 2.45) is 0 Å². The molecule has 2 aromatic rings. The molecule has 0 aliphatic heterocycles. The number of benzene rings is 1. The maximum absolute atomic E-state index is 13.5. The molecule has 3 N–H and O–H groups in total. The zero-order valence-electron chi connectivity index (χ0n) is 11.8. The molecule has 21 heavy (non-hydrogen) atoms. The fourth-order valence-corrected chi connectivity index (χ4v) is 3.63. The Balaban J connectivity index is 2.47. The van der Waals surface area contributed by atoms with E-state index >= 15 is 0 Å². The lowest BCUT2D eigenvalue weighted by Crippen LogP contribution is -2.46. The molecule has 0 fully saturated rings. The highest BCUT2D eigenvalue weighted by atomic mass is 79.9. The SMILES string of the molecule is CC(C)(Cn1c(N)nc2cc(F)c(Br)cc21)NS(C)(=O)=O. The van der Waals surface area contributed by atoms with Gasteiger partial charge in [0, 0.05) is 18.2 Å². The van der Waals surface area contributed by atoms with Gasteiger partial charge in [-0.15, -0.1) is 0 Å². The maximum Gasteiger partial charge on any atom is 0.209 e. The van der Waals surface area contributed by atoms with Gasteiger partial charge in [0.2, 0.25) is 16.0 Å². The Hall–Kier alpha value is -1.19. The Morgan fingerprint density at radius 2 is 2.10 bits per heavy atom. The van der Waals surface area contributed by atoms with Gasteiger partial charge in [-0.1, -0.05) is 0 Å². The monoisotopic (exact) mass is 378 g/mol. The number of aromatic nitrogens is 2. The number of halogens is 2. The lowest BCUT2D eigenvalue weighted by atomic mass is 10.1. The van der Waals surface area contributed by atoms with E-state index in [4.69, 9.17) is 5.73 Å². The lowest BCUT2D eigenvalue weighted by molar-refractivity contribution is 0.398. The molecule has 0 aliphatic rings. The van der Waals surface area contributed by atoms with Crippen molar-refractivity contribution in [2.45, 2.75) is 25.9 Å². The Kier molecular flexibility index (Phi) is 4.02. The van der Waals surface area contributed by atoms with E-state index in [1.165, 1.54) is 6.07 Å². The highest BCUT2D eigenvalue weighted by molar-refractivity contribution is 9.10. The van der Waals surface area contributed by atoms with E-state index < -0.39 is 21.4 Å². The number of nitrogens with one attached hydrogen (secondary N) is 1. The third kappa shape index (κ3) is 3.72. The average molecular weight is 379 g/mol. The summed E-state index contributed by atoms with van der Waals surface area (Å²) < 4.78 is 40.8. The van der Waals surface area contributed by atoms with E-state index in [1.54, 1.807) is 24.5 Å². The number of anilines is 1. The topological polar surface area (TPSA) is 90.0 Å². The third-order valence-corrected chi connectivity index (χ3v) is 4.37. The number of sulfonamides is 1. The molecule has 1 aromatic heterocycles. The van der Waals surface area contributed by atoms with Gasteiger partial charge in [-0.05, 0) is 35.8 Å². The van der Waals surface area contributed by atoms with Crippen LogP contribution in [0.3, 0.4) is 0 Å². The second-order valence-electron chi connectivity index (χ2n) is 5.57. The van der Waals surface area contributed by atoms with E-state index in [0.717, 1.165) is 6.26 Å². The molecule has 0 saturated heterocycles. The summed E-state index contributed by atoms with van der Waals surface area (Å²) in [6.07, 6.45) is 1.09. The standard InChI is InChI=1S/C12H16BrFN4O2S/c1-12(2,17-21(3,19)20)6-18-10-4-7(13)8(14)5-9(10)16-11(18)15/h4-5,17H,6H2,1-3H3,(H2,15,16). The van der Waals surface area contributed by atoms with E-state index in [2.05, 4.69) is 25.6 Å². The van der Waals surface area contributed by atoms with Crippen LogP contribution >= 0.6 is 15.9 Å². The molecular weight excluding hydrogens is 363 g/mol. The van der Waals surface area contributed by atoms with Gasteiger partial charge in [0.05, 0.1) is 21.8 Å². The van der Waals surface area contributed by atoms with Gasteiger partial charge in [0.1, 0.15) is 5.82 Å². The van der Waals surface area contributed by atoms with Crippen LogP contribution in [0.15, 0.2) is 16.6 Å². The summed E-state index contributed by atoms with van der Waals surface area (Å²) in [6, 6.07) is 2.85. The lowest BCUT2D eigenvalue weighted by Gasteiger charge is -2.26. The Bertz CT molecular complexity index is 801. The van der Waals surface area contributed by atoms with Gasteiger partial charge in [-0.2, -0.15) is 0 Å². The van der Waals surface area contributed by atoms with Crippen LogP contribution in [0.4, 0.5) is 10.3 Å².